The molecule has 0 aromatic heterocycles. The maximum Gasteiger partial charge on any atom is 0.267 e. The number of aldehydes is 1. The number of halogens is 2. The van der Waals surface area contributed by atoms with Crippen LogP contribution >= 0.6 is 0 Å². The monoisotopic (exact) mass is 445 g/mol. The van der Waals surface area contributed by atoms with Crippen LogP contribution in [0, 0.1) is 18.6 Å². The van der Waals surface area contributed by atoms with Gasteiger partial charge in [-0.25, -0.2) is 8.78 Å². The van der Waals surface area contributed by atoms with Crippen LogP contribution in [0.25, 0.3) is 0 Å². The third-order valence-corrected chi connectivity index (χ3v) is 4.47. The summed E-state index contributed by atoms with van der Waals surface area (Å²) >= 11 is 0. The van der Waals surface area contributed by atoms with Gasteiger partial charge in [-0.1, -0.05) is 19.1 Å². The van der Waals surface area contributed by atoms with Crippen molar-refractivity contribution in [2.24, 2.45) is 0 Å². The standard InChI is InChI=1S/C15H18FN3O3.C8H7FO/c1-3-4-11(17-2)15(21)18-7-9-5-10(16)14-12(6-9)19-13(20)8-22-14;1-6-2-3-8(9)4-7(6)5-10/h4-6,17H,3,7-8H2,1-2H3,(H,18,21)(H,19,20);2-5H,1H3/b11-4+;. The molecule has 2 aromatic carbocycles. The zero-order chi connectivity index (χ0) is 23.7. The molecule has 0 atom stereocenters. The molecule has 2 aromatic rings. The number of amides is 2. The van der Waals surface area contributed by atoms with Crippen LogP contribution in [0.15, 0.2) is 42.1 Å². The zero-order valence-electron chi connectivity index (χ0n) is 18.1. The number of hydrogen-bond acceptors (Lipinski definition) is 5. The first-order valence-corrected chi connectivity index (χ1v) is 9.91. The Bertz CT molecular complexity index is 1040. The number of hydrogen-bond donors (Lipinski definition) is 3. The number of ether oxygens (including phenoxy) is 1. The molecular weight excluding hydrogens is 420 g/mol. The molecule has 0 fully saturated rings. The van der Waals surface area contributed by atoms with Gasteiger partial charge in [-0.15, -0.1) is 0 Å². The van der Waals surface area contributed by atoms with Crippen molar-refractivity contribution in [1.29, 1.82) is 0 Å². The lowest BCUT2D eigenvalue weighted by Gasteiger charge is -2.19. The van der Waals surface area contributed by atoms with Gasteiger partial charge in [-0.2, -0.15) is 0 Å². The molecule has 0 saturated heterocycles. The smallest absolute Gasteiger partial charge is 0.267 e. The van der Waals surface area contributed by atoms with E-state index < -0.39 is 5.82 Å². The summed E-state index contributed by atoms with van der Waals surface area (Å²) in [7, 11) is 1.66. The molecule has 1 heterocycles. The first-order valence-electron chi connectivity index (χ1n) is 9.91. The summed E-state index contributed by atoms with van der Waals surface area (Å²) in [6.45, 7) is 3.63. The fourth-order valence-corrected chi connectivity index (χ4v) is 2.84. The van der Waals surface area contributed by atoms with E-state index >= 15 is 0 Å². The third kappa shape index (κ3) is 6.63. The van der Waals surface area contributed by atoms with Gasteiger partial charge in [0.15, 0.2) is 18.2 Å². The number of likely N-dealkylation sites (N-methyl/N-ethyl adjacent to an activating group) is 1. The molecule has 0 spiro atoms. The number of carbonyl (C=O) groups is 3. The molecule has 170 valence electrons. The fraction of sp³-hybridized carbons (Fsp3) is 0.261. The van der Waals surface area contributed by atoms with Gasteiger partial charge in [0.2, 0.25) is 0 Å². The van der Waals surface area contributed by atoms with Crippen molar-refractivity contribution in [3.05, 3.63) is 70.4 Å². The van der Waals surface area contributed by atoms with Gasteiger partial charge < -0.3 is 20.7 Å². The predicted octanol–water partition coefficient (Wildman–Crippen LogP) is 3.23. The number of rotatable bonds is 6. The number of nitrogens with one attached hydrogen (secondary N) is 3. The lowest BCUT2D eigenvalue weighted by atomic mass is 10.1. The van der Waals surface area contributed by atoms with Crippen LogP contribution in [0.5, 0.6) is 5.75 Å². The van der Waals surface area contributed by atoms with E-state index in [-0.39, 0.29) is 42.2 Å². The van der Waals surface area contributed by atoms with Crippen LogP contribution in [-0.4, -0.2) is 31.8 Å². The van der Waals surface area contributed by atoms with E-state index in [1.54, 1.807) is 32.2 Å². The molecule has 9 heteroatoms. The zero-order valence-corrected chi connectivity index (χ0v) is 18.1. The number of carbonyl (C=O) groups excluding carboxylic acids is 3. The van der Waals surface area contributed by atoms with Crippen LogP contribution in [-0.2, 0) is 16.1 Å². The van der Waals surface area contributed by atoms with E-state index in [1.807, 2.05) is 6.92 Å². The van der Waals surface area contributed by atoms with Crippen molar-refractivity contribution in [2.45, 2.75) is 26.8 Å². The Labute approximate surface area is 184 Å². The molecule has 2 amide bonds. The fourth-order valence-electron chi connectivity index (χ4n) is 2.84. The van der Waals surface area contributed by atoms with E-state index in [9.17, 15) is 23.2 Å². The Kier molecular flexibility index (Phi) is 8.88. The van der Waals surface area contributed by atoms with E-state index in [0.29, 0.717) is 23.1 Å². The number of benzene rings is 2. The lowest BCUT2D eigenvalue weighted by Crippen LogP contribution is -2.30. The first-order chi connectivity index (χ1) is 15.3. The summed E-state index contributed by atoms with van der Waals surface area (Å²) in [4.78, 5) is 33.4. The first kappa shape index (κ1) is 24.5. The minimum absolute atomic E-state index is 0.0245. The maximum atomic E-state index is 13.9. The summed E-state index contributed by atoms with van der Waals surface area (Å²) < 4.78 is 31.3. The Morgan fingerprint density at radius 1 is 1.25 bits per heavy atom. The average molecular weight is 445 g/mol. The van der Waals surface area contributed by atoms with Crippen molar-refractivity contribution in [3.63, 3.8) is 0 Å². The number of anilines is 1. The second-order valence-corrected chi connectivity index (χ2v) is 6.87. The molecule has 3 N–H and O–H groups in total. The average Bonchev–Trinajstić information content (AvgIpc) is 2.77. The van der Waals surface area contributed by atoms with E-state index in [0.717, 1.165) is 12.0 Å². The molecule has 0 saturated carbocycles. The SMILES string of the molecule is CC/C=C(/NC)C(=O)NCc1cc(F)c2c(c1)NC(=O)CO2.Cc1ccc(F)cc1C=O. The van der Waals surface area contributed by atoms with Crippen molar-refractivity contribution in [2.75, 3.05) is 19.0 Å². The molecule has 0 aliphatic carbocycles. The van der Waals surface area contributed by atoms with Crippen LogP contribution in [0.2, 0.25) is 0 Å². The Morgan fingerprint density at radius 3 is 2.62 bits per heavy atom. The molecule has 7 nitrogen and oxygen atoms in total. The maximum absolute atomic E-state index is 13.9. The molecule has 0 unspecified atom stereocenters. The summed E-state index contributed by atoms with van der Waals surface area (Å²) in [5.74, 6) is -1.52. The molecule has 3 rings (SSSR count). The molecule has 0 radical (unpaired) electrons. The number of aryl methyl sites for hydroxylation is 1. The van der Waals surface area contributed by atoms with Crippen LogP contribution in [0.3, 0.4) is 0 Å². The quantitative estimate of drug-likeness (QED) is 0.469. The van der Waals surface area contributed by atoms with Gasteiger partial charge >= 0.3 is 0 Å². The molecule has 1 aliphatic heterocycles. The third-order valence-electron chi connectivity index (χ3n) is 4.47. The summed E-state index contributed by atoms with van der Waals surface area (Å²) in [5.41, 5.74) is 2.48. The second-order valence-electron chi connectivity index (χ2n) is 6.87. The van der Waals surface area contributed by atoms with Gasteiger partial charge in [-0.3, -0.25) is 14.4 Å². The topological polar surface area (TPSA) is 96.5 Å². The Balaban J connectivity index is 0.000000303. The van der Waals surface area contributed by atoms with Crippen molar-refractivity contribution in [1.82, 2.24) is 10.6 Å². The van der Waals surface area contributed by atoms with Gasteiger partial charge in [-0.05, 0) is 48.7 Å². The lowest BCUT2D eigenvalue weighted by molar-refractivity contribution is -0.119. The number of allylic oxidation sites excluding steroid dienone is 1. The molecule has 32 heavy (non-hydrogen) atoms. The van der Waals surface area contributed by atoms with Gasteiger partial charge in [0, 0.05) is 19.2 Å². The van der Waals surface area contributed by atoms with Crippen molar-refractivity contribution in [3.8, 4) is 5.75 Å². The second kappa shape index (κ2) is 11.6. The highest BCUT2D eigenvalue weighted by atomic mass is 19.1. The Hall–Kier alpha value is -3.75. The van der Waals surface area contributed by atoms with Crippen molar-refractivity contribution >= 4 is 23.8 Å². The molecule has 1 aliphatic rings. The largest absolute Gasteiger partial charge is 0.478 e. The normalized spacial score (nSPS) is 12.4. The minimum Gasteiger partial charge on any atom is -0.478 e. The summed E-state index contributed by atoms with van der Waals surface area (Å²) in [6, 6.07) is 7.00. The highest BCUT2D eigenvalue weighted by molar-refractivity contribution is 5.95. The van der Waals surface area contributed by atoms with Gasteiger partial charge in [0.25, 0.3) is 11.8 Å². The van der Waals surface area contributed by atoms with Crippen LogP contribution in [0.1, 0.15) is 34.8 Å². The van der Waals surface area contributed by atoms with Crippen LogP contribution in [0.4, 0.5) is 14.5 Å². The van der Waals surface area contributed by atoms with E-state index in [4.69, 9.17) is 4.74 Å². The molecular formula is C23H25F2N3O4. The van der Waals surface area contributed by atoms with Crippen molar-refractivity contribution < 1.29 is 27.9 Å². The summed E-state index contributed by atoms with van der Waals surface area (Å²) in [5, 5.41) is 8.04. The van der Waals surface area contributed by atoms with E-state index in [2.05, 4.69) is 16.0 Å². The predicted molar refractivity (Wildman–Crippen MR) is 116 cm³/mol. The minimum atomic E-state index is -0.570. The highest BCUT2D eigenvalue weighted by Gasteiger charge is 2.20. The number of fused-ring (bicyclic) bond motifs is 1. The van der Waals surface area contributed by atoms with Crippen LogP contribution < -0.4 is 20.7 Å². The van der Waals surface area contributed by atoms with E-state index in [1.165, 1.54) is 18.2 Å². The molecule has 0 bridgehead atoms. The van der Waals surface area contributed by atoms with Gasteiger partial charge in [0.05, 0.1) is 11.4 Å². The summed E-state index contributed by atoms with van der Waals surface area (Å²) in [6.07, 6.45) is 3.13. The highest BCUT2D eigenvalue weighted by Crippen LogP contribution is 2.31. The Morgan fingerprint density at radius 2 is 2.00 bits per heavy atom. The van der Waals surface area contributed by atoms with Gasteiger partial charge in [0.1, 0.15) is 12.1 Å².